The highest BCUT2D eigenvalue weighted by molar-refractivity contribution is 7.87. The van der Waals surface area contributed by atoms with E-state index >= 15 is 0 Å². The number of anilines is 2. The maximum atomic E-state index is 13.3. The van der Waals surface area contributed by atoms with Crippen molar-refractivity contribution in [3.8, 4) is 0 Å². The predicted octanol–water partition coefficient (Wildman–Crippen LogP) is 3.46. The first-order chi connectivity index (χ1) is 15.8. The molecule has 3 aliphatic rings. The van der Waals surface area contributed by atoms with E-state index in [2.05, 4.69) is 20.2 Å². The van der Waals surface area contributed by atoms with Gasteiger partial charge in [0.25, 0.3) is 0 Å². The van der Waals surface area contributed by atoms with Crippen LogP contribution in [0.2, 0.25) is 5.02 Å². The Kier molecular flexibility index (Phi) is 6.07. The molecule has 2 N–H and O–H groups in total. The van der Waals surface area contributed by atoms with E-state index in [-0.39, 0.29) is 22.8 Å². The van der Waals surface area contributed by atoms with Crippen molar-refractivity contribution in [1.29, 1.82) is 0 Å². The maximum absolute atomic E-state index is 13.3. The van der Waals surface area contributed by atoms with Crippen LogP contribution in [0.5, 0.6) is 0 Å². The van der Waals surface area contributed by atoms with Gasteiger partial charge in [0, 0.05) is 37.8 Å². The summed E-state index contributed by atoms with van der Waals surface area (Å²) in [6.07, 6.45) is 9.71. The number of aliphatic hydroxyl groups excluding tert-OH is 1. The Morgan fingerprint density at radius 2 is 1.94 bits per heavy atom. The lowest BCUT2D eigenvalue weighted by atomic mass is 9.77. The minimum absolute atomic E-state index is 0.0453. The zero-order chi connectivity index (χ0) is 23.2. The molecule has 2 aliphatic heterocycles. The molecule has 0 bridgehead atoms. The Morgan fingerprint density at radius 1 is 1.18 bits per heavy atom. The Bertz CT molecular complexity index is 1050. The van der Waals surface area contributed by atoms with Gasteiger partial charge in [-0.05, 0) is 52.4 Å². The number of hydrogen-bond donors (Lipinski definition) is 2. The smallest absolute Gasteiger partial charge is 0.227 e. The molecule has 1 saturated carbocycles. The van der Waals surface area contributed by atoms with Crippen molar-refractivity contribution < 1.29 is 9.32 Å². The number of nitrogens with one attached hydrogen (secondary N) is 1. The molecule has 33 heavy (non-hydrogen) atoms. The maximum Gasteiger partial charge on any atom is 0.227 e. The number of rotatable bonds is 5. The first kappa shape index (κ1) is 22.9. The van der Waals surface area contributed by atoms with E-state index in [0.717, 1.165) is 63.1 Å². The third-order valence-corrected chi connectivity index (χ3v) is 9.36. The fourth-order valence-corrected chi connectivity index (χ4v) is 6.56. The lowest BCUT2D eigenvalue weighted by Crippen LogP contribution is -2.48. The Hall–Kier alpha value is -1.84. The fourth-order valence-electron chi connectivity index (χ4n) is 5.03. The van der Waals surface area contributed by atoms with E-state index in [1.54, 1.807) is 12.4 Å². The van der Waals surface area contributed by atoms with Gasteiger partial charge in [-0.1, -0.05) is 11.6 Å². The predicted molar refractivity (Wildman–Crippen MR) is 129 cm³/mol. The van der Waals surface area contributed by atoms with Crippen molar-refractivity contribution in [3.05, 3.63) is 28.9 Å². The van der Waals surface area contributed by atoms with E-state index < -0.39 is 10.8 Å². The molecule has 2 unspecified atom stereocenters. The van der Waals surface area contributed by atoms with E-state index in [0.29, 0.717) is 28.1 Å². The molecule has 2 aromatic heterocycles. The van der Waals surface area contributed by atoms with Crippen molar-refractivity contribution in [2.24, 2.45) is 0 Å². The molecule has 0 amide bonds. The number of hydrogen-bond acceptors (Lipinski definition) is 8. The minimum Gasteiger partial charge on any atom is -0.394 e. The van der Waals surface area contributed by atoms with Crippen LogP contribution in [-0.4, -0.2) is 59.2 Å². The summed E-state index contributed by atoms with van der Waals surface area (Å²) in [6.45, 7) is 5.72. The number of aliphatic hydroxyl groups is 1. The summed E-state index contributed by atoms with van der Waals surface area (Å²) in [5.74, 6) is 2.43. The summed E-state index contributed by atoms with van der Waals surface area (Å²) < 4.78 is 12.9. The van der Waals surface area contributed by atoms with E-state index in [9.17, 15) is 9.32 Å². The average molecular weight is 491 g/mol. The molecule has 0 aromatic carbocycles. The number of halogens is 1. The van der Waals surface area contributed by atoms with Gasteiger partial charge < -0.3 is 15.3 Å². The minimum atomic E-state index is -1.20. The molecule has 2 aromatic rings. The third kappa shape index (κ3) is 4.35. The molecule has 4 heterocycles. The van der Waals surface area contributed by atoms with Crippen LogP contribution in [0.1, 0.15) is 69.8 Å². The normalized spacial score (nSPS) is 25.8. The van der Waals surface area contributed by atoms with Crippen molar-refractivity contribution in [3.63, 3.8) is 0 Å². The Morgan fingerprint density at radius 3 is 2.61 bits per heavy atom. The summed E-state index contributed by atoms with van der Waals surface area (Å²) >= 11 is 5.96. The van der Waals surface area contributed by atoms with Crippen LogP contribution in [0.4, 0.5) is 11.8 Å². The first-order valence-corrected chi connectivity index (χ1v) is 13.3. The number of aromatic nitrogens is 4. The van der Waals surface area contributed by atoms with Gasteiger partial charge in [-0.15, -0.1) is 0 Å². The van der Waals surface area contributed by atoms with E-state index in [1.807, 2.05) is 13.8 Å². The fraction of sp³-hybridized carbons (Fsp3) is 0.652. The molecule has 2 fully saturated rings. The lowest BCUT2D eigenvalue weighted by molar-refractivity contribution is 0.143. The van der Waals surface area contributed by atoms with Gasteiger partial charge in [0.2, 0.25) is 5.95 Å². The molecule has 1 aliphatic carbocycles. The first-order valence-electron chi connectivity index (χ1n) is 11.7. The van der Waals surface area contributed by atoms with Crippen LogP contribution in [0.25, 0.3) is 0 Å². The zero-order valence-corrected chi connectivity index (χ0v) is 20.8. The second-order valence-corrected chi connectivity index (χ2v) is 12.6. The standard InChI is InChI=1S/C23H31ClN6O2S/c1-22(2)11-17-18(33(22)32)20(29-23(14-31)7-4-8-23)28-21(27-17)30-9-3-5-15(6-10-30)19-25-12-16(24)13-26-19/h12-13,15,31H,3-11,14H2,1-2H3,(H,27,28,29). The molecule has 2 atom stereocenters. The molecule has 1 saturated heterocycles. The lowest BCUT2D eigenvalue weighted by Gasteiger charge is -2.41. The second-order valence-electron chi connectivity index (χ2n) is 10.1. The molecular weight excluding hydrogens is 460 g/mol. The highest BCUT2D eigenvalue weighted by Crippen LogP contribution is 2.43. The number of nitrogens with zero attached hydrogens (tertiary/aromatic N) is 5. The summed E-state index contributed by atoms with van der Waals surface area (Å²) in [5.41, 5.74) is 0.492. The van der Waals surface area contributed by atoms with Gasteiger partial charge in [-0.3, -0.25) is 4.21 Å². The third-order valence-electron chi connectivity index (χ3n) is 7.22. The van der Waals surface area contributed by atoms with Crippen LogP contribution in [-0.2, 0) is 17.2 Å². The van der Waals surface area contributed by atoms with Gasteiger partial charge in [-0.2, -0.15) is 4.98 Å². The van der Waals surface area contributed by atoms with Crippen LogP contribution < -0.4 is 10.2 Å². The highest BCUT2D eigenvalue weighted by Gasteiger charge is 2.44. The average Bonchev–Trinajstić information content (AvgIpc) is 2.91. The SMILES string of the molecule is CC1(C)Cc2nc(N3CCCC(c4ncc(Cl)cn4)CC3)nc(NC3(CO)CCC3)c2S1=O. The summed E-state index contributed by atoms with van der Waals surface area (Å²) in [4.78, 5) is 21.6. The largest absolute Gasteiger partial charge is 0.394 e. The van der Waals surface area contributed by atoms with Crippen LogP contribution >= 0.6 is 11.6 Å². The molecule has 0 spiro atoms. The van der Waals surface area contributed by atoms with Gasteiger partial charge in [0.05, 0.1) is 38.4 Å². The van der Waals surface area contributed by atoms with Gasteiger partial charge in [0.15, 0.2) is 0 Å². The van der Waals surface area contributed by atoms with Crippen LogP contribution in [0.15, 0.2) is 17.3 Å². The molecule has 8 nitrogen and oxygen atoms in total. The molecular formula is C23H31ClN6O2S. The summed E-state index contributed by atoms with van der Waals surface area (Å²) in [7, 11) is -1.20. The van der Waals surface area contributed by atoms with Gasteiger partial charge >= 0.3 is 0 Å². The second kappa shape index (κ2) is 8.74. The molecule has 178 valence electrons. The van der Waals surface area contributed by atoms with Gasteiger partial charge in [0.1, 0.15) is 16.5 Å². The Labute approximate surface area is 202 Å². The van der Waals surface area contributed by atoms with Crippen LogP contribution in [0.3, 0.4) is 0 Å². The van der Waals surface area contributed by atoms with Crippen molar-refractivity contribution in [1.82, 2.24) is 19.9 Å². The number of fused-ring (bicyclic) bond motifs is 1. The molecule has 0 radical (unpaired) electrons. The van der Waals surface area contributed by atoms with Crippen molar-refractivity contribution in [2.75, 3.05) is 29.9 Å². The Balaban J connectivity index is 1.43. The summed E-state index contributed by atoms with van der Waals surface area (Å²) in [5, 5.41) is 14.1. The zero-order valence-electron chi connectivity index (χ0n) is 19.2. The van der Waals surface area contributed by atoms with Crippen LogP contribution in [0, 0.1) is 0 Å². The van der Waals surface area contributed by atoms with E-state index in [1.165, 1.54) is 0 Å². The highest BCUT2D eigenvalue weighted by atomic mass is 35.5. The monoisotopic (exact) mass is 490 g/mol. The van der Waals surface area contributed by atoms with Crippen molar-refractivity contribution >= 4 is 34.2 Å². The topological polar surface area (TPSA) is 104 Å². The summed E-state index contributed by atoms with van der Waals surface area (Å²) in [6, 6.07) is 0. The molecule has 10 heteroatoms. The quantitative estimate of drug-likeness (QED) is 0.656. The van der Waals surface area contributed by atoms with Crippen molar-refractivity contribution in [2.45, 2.75) is 79.9 Å². The molecule has 5 rings (SSSR count). The van der Waals surface area contributed by atoms with Gasteiger partial charge in [-0.25, -0.2) is 15.0 Å². The van der Waals surface area contributed by atoms with E-state index in [4.69, 9.17) is 21.6 Å².